The third-order valence-corrected chi connectivity index (χ3v) is 4.68. The van der Waals surface area contributed by atoms with Crippen molar-refractivity contribution in [3.8, 4) is 0 Å². The van der Waals surface area contributed by atoms with Gasteiger partial charge in [0.1, 0.15) is 0 Å². The highest BCUT2D eigenvalue weighted by molar-refractivity contribution is 5.82. The van der Waals surface area contributed by atoms with E-state index in [4.69, 9.17) is 4.42 Å². The van der Waals surface area contributed by atoms with Gasteiger partial charge in [0.15, 0.2) is 0 Å². The SMILES string of the molecule is O=C1[C@@H]2CN(Cc3ccoc3)C[C@@H]2CN1Cc1cccnc1. The molecule has 0 bridgehead atoms. The van der Waals surface area contributed by atoms with Gasteiger partial charge in [0.25, 0.3) is 0 Å². The van der Waals surface area contributed by atoms with Gasteiger partial charge in [0, 0.05) is 56.6 Å². The molecule has 0 spiro atoms. The van der Waals surface area contributed by atoms with Crippen molar-refractivity contribution in [3.05, 3.63) is 54.2 Å². The fourth-order valence-corrected chi connectivity index (χ4v) is 3.66. The van der Waals surface area contributed by atoms with Crippen LogP contribution >= 0.6 is 0 Å². The lowest BCUT2D eigenvalue weighted by atomic mass is 10.0. The van der Waals surface area contributed by atoms with E-state index < -0.39 is 0 Å². The van der Waals surface area contributed by atoms with E-state index in [0.717, 1.165) is 31.7 Å². The van der Waals surface area contributed by atoms with Crippen molar-refractivity contribution in [2.24, 2.45) is 11.8 Å². The maximum atomic E-state index is 12.6. The molecule has 2 aromatic heterocycles. The normalized spacial score (nSPS) is 24.9. The molecule has 4 rings (SSSR count). The van der Waals surface area contributed by atoms with Crippen molar-refractivity contribution < 1.29 is 9.21 Å². The van der Waals surface area contributed by atoms with Crippen LogP contribution in [0.4, 0.5) is 0 Å². The largest absolute Gasteiger partial charge is 0.472 e. The number of likely N-dealkylation sites (tertiary alicyclic amines) is 2. The summed E-state index contributed by atoms with van der Waals surface area (Å²) in [6.45, 7) is 4.27. The lowest BCUT2D eigenvalue weighted by molar-refractivity contribution is -0.131. The maximum absolute atomic E-state index is 12.6. The molecule has 1 amide bonds. The van der Waals surface area contributed by atoms with E-state index in [2.05, 4.69) is 9.88 Å². The number of carbonyl (C=O) groups is 1. The van der Waals surface area contributed by atoms with Gasteiger partial charge in [-0.15, -0.1) is 0 Å². The first kappa shape index (κ1) is 13.5. The molecule has 2 aliphatic heterocycles. The summed E-state index contributed by atoms with van der Waals surface area (Å²) in [5, 5.41) is 0. The van der Waals surface area contributed by atoms with Gasteiger partial charge in [-0.1, -0.05) is 6.07 Å². The van der Waals surface area contributed by atoms with E-state index in [1.807, 2.05) is 29.3 Å². The summed E-state index contributed by atoms with van der Waals surface area (Å²) in [6, 6.07) is 5.94. The Morgan fingerprint density at radius 3 is 2.86 bits per heavy atom. The molecule has 114 valence electrons. The smallest absolute Gasteiger partial charge is 0.227 e. The third kappa shape index (κ3) is 2.52. The third-order valence-electron chi connectivity index (χ3n) is 4.68. The Balaban J connectivity index is 1.38. The number of hydrogen-bond donors (Lipinski definition) is 0. The first-order valence-corrected chi connectivity index (χ1v) is 7.71. The molecule has 0 radical (unpaired) electrons. The van der Waals surface area contributed by atoms with Gasteiger partial charge in [-0.25, -0.2) is 0 Å². The lowest BCUT2D eigenvalue weighted by Crippen LogP contribution is -2.32. The van der Waals surface area contributed by atoms with E-state index in [1.165, 1.54) is 5.56 Å². The van der Waals surface area contributed by atoms with E-state index in [-0.39, 0.29) is 5.92 Å². The minimum Gasteiger partial charge on any atom is -0.472 e. The average Bonchev–Trinajstić information content (AvgIpc) is 3.22. The van der Waals surface area contributed by atoms with Crippen molar-refractivity contribution in [3.63, 3.8) is 0 Å². The predicted molar refractivity (Wildman–Crippen MR) is 80.6 cm³/mol. The molecule has 0 N–H and O–H groups in total. The topological polar surface area (TPSA) is 49.6 Å². The van der Waals surface area contributed by atoms with Crippen LogP contribution in [0.1, 0.15) is 11.1 Å². The number of rotatable bonds is 4. The fourth-order valence-electron chi connectivity index (χ4n) is 3.66. The highest BCUT2D eigenvalue weighted by Gasteiger charge is 2.45. The summed E-state index contributed by atoms with van der Waals surface area (Å²) in [4.78, 5) is 21.1. The Bertz CT molecular complexity index is 641. The second kappa shape index (κ2) is 5.57. The highest BCUT2D eigenvalue weighted by Crippen LogP contribution is 2.33. The molecule has 2 aliphatic rings. The molecule has 0 unspecified atom stereocenters. The van der Waals surface area contributed by atoms with Gasteiger partial charge >= 0.3 is 0 Å². The molecule has 0 aliphatic carbocycles. The molecule has 22 heavy (non-hydrogen) atoms. The summed E-state index contributed by atoms with van der Waals surface area (Å²) >= 11 is 0. The van der Waals surface area contributed by atoms with Crippen LogP contribution in [0.15, 0.2) is 47.5 Å². The van der Waals surface area contributed by atoms with Crippen molar-refractivity contribution >= 4 is 5.91 Å². The van der Waals surface area contributed by atoms with Crippen molar-refractivity contribution in [1.82, 2.24) is 14.8 Å². The van der Waals surface area contributed by atoms with E-state index in [9.17, 15) is 4.79 Å². The van der Waals surface area contributed by atoms with Crippen molar-refractivity contribution in [2.75, 3.05) is 19.6 Å². The Hall–Kier alpha value is -2.14. The first-order valence-electron chi connectivity index (χ1n) is 7.71. The molecule has 0 saturated carbocycles. The molecule has 5 nitrogen and oxygen atoms in total. The van der Waals surface area contributed by atoms with Crippen LogP contribution in [0.5, 0.6) is 0 Å². The fraction of sp³-hybridized carbons (Fsp3) is 0.412. The summed E-state index contributed by atoms with van der Waals surface area (Å²) in [5.74, 6) is 0.906. The van der Waals surface area contributed by atoms with Crippen LogP contribution in [0.3, 0.4) is 0 Å². The Morgan fingerprint density at radius 1 is 1.18 bits per heavy atom. The van der Waals surface area contributed by atoms with Gasteiger partial charge in [0.05, 0.1) is 18.4 Å². The monoisotopic (exact) mass is 297 g/mol. The Kier molecular flexibility index (Phi) is 3.42. The zero-order valence-corrected chi connectivity index (χ0v) is 12.4. The van der Waals surface area contributed by atoms with Crippen LogP contribution in [-0.2, 0) is 17.9 Å². The first-order chi connectivity index (χ1) is 10.8. The van der Waals surface area contributed by atoms with Gasteiger partial charge in [-0.2, -0.15) is 0 Å². The molecular formula is C17H19N3O2. The minimum absolute atomic E-state index is 0.156. The van der Waals surface area contributed by atoms with Crippen molar-refractivity contribution in [2.45, 2.75) is 13.1 Å². The Morgan fingerprint density at radius 2 is 2.14 bits per heavy atom. The van der Waals surface area contributed by atoms with Crippen LogP contribution in [-0.4, -0.2) is 40.3 Å². The average molecular weight is 297 g/mol. The molecule has 5 heteroatoms. The number of furan rings is 1. The highest BCUT2D eigenvalue weighted by atomic mass is 16.3. The number of fused-ring (bicyclic) bond motifs is 1. The van der Waals surface area contributed by atoms with Gasteiger partial charge in [-0.3, -0.25) is 14.7 Å². The van der Waals surface area contributed by atoms with E-state index >= 15 is 0 Å². The van der Waals surface area contributed by atoms with Crippen LogP contribution in [0.2, 0.25) is 0 Å². The second-order valence-electron chi connectivity index (χ2n) is 6.27. The van der Waals surface area contributed by atoms with Gasteiger partial charge < -0.3 is 9.32 Å². The standard InChI is InChI=1S/C17H19N3O2/c21-17-16-11-19(7-14-3-5-22-12-14)9-15(16)10-20(17)8-13-2-1-4-18-6-13/h1-6,12,15-16H,7-11H2/t15-,16-/m1/s1. The number of hydrogen-bond acceptors (Lipinski definition) is 4. The summed E-state index contributed by atoms with van der Waals surface area (Å²) < 4.78 is 5.12. The summed E-state index contributed by atoms with van der Waals surface area (Å²) in [7, 11) is 0. The molecule has 2 saturated heterocycles. The molecule has 2 atom stereocenters. The molecule has 2 fully saturated rings. The summed E-state index contributed by atoms with van der Waals surface area (Å²) in [5.41, 5.74) is 2.28. The Labute approximate surface area is 129 Å². The number of carbonyl (C=O) groups excluding carboxylic acids is 1. The van der Waals surface area contributed by atoms with Crippen LogP contribution in [0.25, 0.3) is 0 Å². The molecule has 2 aromatic rings. The quantitative estimate of drug-likeness (QED) is 0.863. The zero-order chi connectivity index (χ0) is 14.9. The summed E-state index contributed by atoms with van der Waals surface area (Å²) in [6.07, 6.45) is 7.09. The van der Waals surface area contributed by atoms with E-state index in [1.54, 1.807) is 18.7 Å². The molecule has 0 aromatic carbocycles. The maximum Gasteiger partial charge on any atom is 0.227 e. The van der Waals surface area contributed by atoms with Gasteiger partial charge in [-0.05, 0) is 17.7 Å². The number of aromatic nitrogens is 1. The van der Waals surface area contributed by atoms with Gasteiger partial charge in [0.2, 0.25) is 5.91 Å². The second-order valence-corrected chi connectivity index (χ2v) is 6.27. The van der Waals surface area contributed by atoms with Crippen LogP contribution in [0, 0.1) is 11.8 Å². The zero-order valence-electron chi connectivity index (χ0n) is 12.4. The number of nitrogens with zero attached hydrogens (tertiary/aromatic N) is 3. The number of pyridine rings is 1. The lowest BCUT2D eigenvalue weighted by Gasteiger charge is -2.21. The molecular weight excluding hydrogens is 278 g/mol. The predicted octanol–water partition coefficient (Wildman–Crippen LogP) is 1.77. The number of amides is 1. The molecule has 4 heterocycles. The minimum atomic E-state index is 0.156. The van der Waals surface area contributed by atoms with Crippen LogP contribution < -0.4 is 0 Å². The van der Waals surface area contributed by atoms with Crippen molar-refractivity contribution in [1.29, 1.82) is 0 Å². The van der Waals surface area contributed by atoms with E-state index in [0.29, 0.717) is 18.4 Å².